The van der Waals surface area contributed by atoms with Gasteiger partial charge in [0, 0.05) is 18.7 Å². The van der Waals surface area contributed by atoms with E-state index in [2.05, 4.69) is 5.32 Å². The molecular formula is C14H22FNO3. The molecule has 4 nitrogen and oxygen atoms in total. The summed E-state index contributed by atoms with van der Waals surface area (Å²) in [6.45, 7) is 3.98. The number of rotatable bonds is 9. The van der Waals surface area contributed by atoms with Gasteiger partial charge in [0.25, 0.3) is 0 Å². The van der Waals surface area contributed by atoms with E-state index in [1.165, 1.54) is 12.1 Å². The molecule has 0 aliphatic rings. The highest BCUT2D eigenvalue weighted by molar-refractivity contribution is 5.36. The van der Waals surface area contributed by atoms with Gasteiger partial charge in [0.1, 0.15) is 18.2 Å². The van der Waals surface area contributed by atoms with E-state index in [1.54, 1.807) is 13.2 Å². The Morgan fingerprint density at radius 2 is 1.95 bits per heavy atom. The maximum atomic E-state index is 13.2. The average molecular weight is 271 g/mol. The summed E-state index contributed by atoms with van der Waals surface area (Å²) < 4.78 is 29.0. The van der Waals surface area contributed by atoms with Crippen molar-refractivity contribution in [3.8, 4) is 5.75 Å². The van der Waals surface area contributed by atoms with Gasteiger partial charge in [-0.2, -0.15) is 0 Å². The molecule has 1 atom stereocenters. The van der Waals surface area contributed by atoms with E-state index in [9.17, 15) is 4.39 Å². The summed E-state index contributed by atoms with van der Waals surface area (Å²) in [5.74, 6) is 0.416. The molecule has 5 heteroatoms. The van der Waals surface area contributed by atoms with Crippen molar-refractivity contribution in [1.82, 2.24) is 5.32 Å². The lowest BCUT2D eigenvalue weighted by Gasteiger charge is -2.16. The molecule has 1 aromatic carbocycles. The van der Waals surface area contributed by atoms with Crippen molar-refractivity contribution < 1.29 is 18.6 Å². The van der Waals surface area contributed by atoms with E-state index >= 15 is 0 Å². The molecule has 0 spiro atoms. The van der Waals surface area contributed by atoms with E-state index < -0.39 is 0 Å². The Morgan fingerprint density at radius 3 is 2.63 bits per heavy atom. The zero-order chi connectivity index (χ0) is 14.1. The molecule has 0 heterocycles. The lowest BCUT2D eigenvalue weighted by atomic mass is 10.1. The third-order valence-corrected chi connectivity index (χ3v) is 2.79. The van der Waals surface area contributed by atoms with Crippen molar-refractivity contribution in [2.45, 2.75) is 13.0 Å². The number of hydrogen-bond acceptors (Lipinski definition) is 4. The largest absolute Gasteiger partial charge is 0.491 e. The lowest BCUT2D eigenvalue weighted by molar-refractivity contribution is 0.0542. The molecule has 0 fully saturated rings. The van der Waals surface area contributed by atoms with Crippen molar-refractivity contribution in [2.24, 2.45) is 0 Å². The Balaban J connectivity index is 2.48. The van der Waals surface area contributed by atoms with Crippen LogP contribution < -0.4 is 10.1 Å². The van der Waals surface area contributed by atoms with Crippen LogP contribution >= 0.6 is 0 Å². The molecule has 1 unspecified atom stereocenters. The van der Waals surface area contributed by atoms with Crippen LogP contribution in [0.1, 0.15) is 18.5 Å². The van der Waals surface area contributed by atoms with E-state index in [0.29, 0.717) is 32.2 Å². The number of halogens is 1. The molecule has 0 saturated carbocycles. The maximum Gasteiger partial charge on any atom is 0.124 e. The number of nitrogens with one attached hydrogen (secondary N) is 1. The van der Waals surface area contributed by atoms with Crippen LogP contribution in [0.5, 0.6) is 5.75 Å². The van der Waals surface area contributed by atoms with Gasteiger partial charge in [-0.25, -0.2) is 4.39 Å². The first-order chi connectivity index (χ1) is 9.19. The SMILES string of the molecule is CNC(C)c1cc(F)ccc1OCCOCCOC. The van der Waals surface area contributed by atoms with Crippen molar-refractivity contribution in [1.29, 1.82) is 0 Å². The molecule has 19 heavy (non-hydrogen) atoms. The summed E-state index contributed by atoms with van der Waals surface area (Å²) in [6.07, 6.45) is 0. The summed E-state index contributed by atoms with van der Waals surface area (Å²) >= 11 is 0. The molecule has 0 aromatic heterocycles. The summed E-state index contributed by atoms with van der Waals surface area (Å²) in [4.78, 5) is 0. The Labute approximate surface area is 113 Å². The van der Waals surface area contributed by atoms with E-state index in [0.717, 1.165) is 5.56 Å². The topological polar surface area (TPSA) is 39.7 Å². The van der Waals surface area contributed by atoms with Gasteiger partial charge >= 0.3 is 0 Å². The van der Waals surface area contributed by atoms with Crippen LogP contribution in [0.2, 0.25) is 0 Å². The predicted octanol–water partition coefficient (Wildman–Crippen LogP) is 2.15. The van der Waals surface area contributed by atoms with Crippen molar-refractivity contribution in [3.05, 3.63) is 29.6 Å². The van der Waals surface area contributed by atoms with E-state index in [1.807, 2.05) is 14.0 Å². The molecule has 108 valence electrons. The summed E-state index contributed by atoms with van der Waals surface area (Å²) in [5, 5.41) is 3.07. The van der Waals surface area contributed by atoms with Crippen LogP contribution in [0.4, 0.5) is 4.39 Å². The van der Waals surface area contributed by atoms with Gasteiger partial charge in [-0.05, 0) is 32.2 Å². The third kappa shape index (κ3) is 5.55. The van der Waals surface area contributed by atoms with Gasteiger partial charge in [-0.1, -0.05) is 0 Å². The molecule has 0 bridgehead atoms. The molecular weight excluding hydrogens is 249 g/mol. The Kier molecular flexibility index (Phi) is 7.40. The molecule has 1 rings (SSSR count). The van der Waals surface area contributed by atoms with Gasteiger partial charge in [0.05, 0.1) is 19.8 Å². The number of hydrogen-bond donors (Lipinski definition) is 1. The maximum absolute atomic E-state index is 13.2. The Bertz CT molecular complexity index is 374. The Hall–Kier alpha value is -1.17. The first-order valence-electron chi connectivity index (χ1n) is 6.35. The molecule has 0 amide bonds. The fourth-order valence-corrected chi connectivity index (χ4v) is 1.60. The van der Waals surface area contributed by atoms with Crippen LogP contribution in [0.25, 0.3) is 0 Å². The fourth-order valence-electron chi connectivity index (χ4n) is 1.60. The van der Waals surface area contributed by atoms with Crippen molar-refractivity contribution >= 4 is 0 Å². The van der Waals surface area contributed by atoms with E-state index in [4.69, 9.17) is 14.2 Å². The van der Waals surface area contributed by atoms with Gasteiger partial charge in [-0.3, -0.25) is 0 Å². The molecule has 0 aliphatic heterocycles. The zero-order valence-corrected chi connectivity index (χ0v) is 11.7. The van der Waals surface area contributed by atoms with Gasteiger partial charge < -0.3 is 19.5 Å². The number of methoxy groups -OCH3 is 1. The smallest absolute Gasteiger partial charge is 0.124 e. The molecule has 1 N–H and O–H groups in total. The minimum Gasteiger partial charge on any atom is -0.491 e. The molecule has 1 aromatic rings. The second-order valence-corrected chi connectivity index (χ2v) is 4.15. The minimum atomic E-state index is -0.263. The molecule has 0 radical (unpaired) electrons. The Morgan fingerprint density at radius 1 is 1.21 bits per heavy atom. The van der Waals surface area contributed by atoms with Crippen LogP contribution in [-0.4, -0.2) is 40.6 Å². The fraction of sp³-hybridized carbons (Fsp3) is 0.571. The molecule has 0 saturated heterocycles. The zero-order valence-electron chi connectivity index (χ0n) is 11.7. The average Bonchev–Trinajstić information content (AvgIpc) is 2.43. The minimum absolute atomic E-state index is 0.0279. The predicted molar refractivity (Wildman–Crippen MR) is 72.1 cm³/mol. The third-order valence-electron chi connectivity index (χ3n) is 2.79. The van der Waals surface area contributed by atoms with Crippen LogP contribution in [0.15, 0.2) is 18.2 Å². The second-order valence-electron chi connectivity index (χ2n) is 4.15. The lowest BCUT2D eigenvalue weighted by Crippen LogP contribution is -2.15. The van der Waals surface area contributed by atoms with Gasteiger partial charge in [0.15, 0.2) is 0 Å². The first kappa shape index (κ1) is 15.9. The quantitative estimate of drug-likeness (QED) is 0.699. The highest BCUT2D eigenvalue weighted by Crippen LogP contribution is 2.25. The van der Waals surface area contributed by atoms with Crippen molar-refractivity contribution in [3.63, 3.8) is 0 Å². The highest BCUT2D eigenvalue weighted by atomic mass is 19.1. The van der Waals surface area contributed by atoms with Gasteiger partial charge in [0.2, 0.25) is 0 Å². The van der Waals surface area contributed by atoms with Crippen LogP contribution in [0, 0.1) is 5.82 Å². The standard InChI is InChI=1S/C14H22FNO3/c1-11(16-2)13-10-12(15)4-5-14(13)19-9-8-18-7-6-17-3/h4-5,10-11,16H,6-9H2,1-3H3. The van der Waals surface area contributed by atoms with Gasteiger partial charge in [-0.15, -0.1) is 0 Å². The highest BCUT2D eigenvalue weighted by Gasteiger charge is 2.11. The summed E-state index contributed by atoms with van der Waals surface area (Å²) in [5.41, 5.74) is 0.805. The van der Waals surface area contributed by atoms with Crippen LogP contribution in [0.3, 0.4) is 0 Å². The van der Waals surface area contributed by atoms with Crippen LogP contribution in [-0.2, 0) is 9.47 Å². The first-order valence-corrected chi connectivity index (χ1v) is 6.35. The number of ether oxygens (including phenoxy) is 3. The normalized spacial score (nSPS) is 12.4. The van der Waals surface area contributed by atoms with E-state index in [-0.39, 0.29) is 11.9 Å². The summed E-state index contributed by atoms with van der Waals surface area (Å²) in [7, 11) is 3.46. The monoisotopic (exact) mass is 271 g/mol. The van der Waals surface area contributed by atoms with Crippen molar-refractivity contribution in [2.75, 3.05) is 40.6 Å². The number of benzene rings is 1. The summed E-state index contributed by atoms with van der Waals surface area (Å²) in [6, 6.07) is 4.56. The molecule has 0 aliphatic carbocycles. The second kappa shape index (κ2) is 8.85.